The standard InChI is InChI=1S/C29H30ClFN4OS/c30-25-16-23(31)13-12-22(25)19-37-29-34-26-14-15-32-17-27(26)35(29)18-20-8-10-21(11-9-20)28(36)33-24-6-4-2-1-3-5-7-24/h8-17,24H,1-7,18-19H2,(H,33,36). The lowest BCUT2D eigenvalue weighted by Crippen LogP contribution is -2.35. The van der Waals surface area contributed by atoms with Crippen LogP contribution in [0.15, 0.2) is 66.1 Å². The van der Waals surface area contributed by atoms with Crippen molar-refractivity contribution in [2.45, 2.75) is 68.4 Å². The Bertz CT molecular complexity index is 1370. The summed E-state index contributed by atoms with van der Waals surface area (Å²) in [5.74, 6) is 0.219. The number of aromatic nitrogens is 3. The van der Waals surface area contributed by atoms with Crippen LogP contribution in [0.2, 0.25) is 5.02 Å². The van der Waals surface area contributed by atoms with Crippen molar-refractivity contribution < 1.29 is 9.18 Å². The molecular weight excluding hydrogens is 507 g/mol. The zero-order valence-electron chi connectivity index (χ0n) is 20.6. The van der Waals surface area contributed by atoms with E-state index in [0.717, 1.165) is 40.2 Å². The second kappa shape index (κ2) is 12.1. The Morgan fingerprint density at radius 3 is 2.57 bits per heavy atom. The van der Waals surface area contributed by atoms with Crippen LogP contribution in [0.4, 0.5) is 4.39 Å². The first-order valence-corrected chi connectivity index (χ1v) is 14.2. The summed E-state index contributed by atoms with van der Waals surface area (Å²) in [6.45, 7) is 0.589. The number of halogens is 2. The van der Waals surface area contributed by atoms with Crippen LogP contribution in [-0.2, 0) is 12.3 Å². The molecule has 0 bridgehead atoms. The Labute approximate surface area is 225 Å². The molecule has 4 aromatic rings. The highest BCUT2D eigenvalue weighted by atomic mass is 35.5. The van der Waals surface area contributed by atoms with Crippen LogP contribution in [-0.4, -0.2) is 26.5 Å². The molecule has 0 aliphatic heterocycles. The third kappa shape index (κ3) is 6.51. The SMILES string of the molecule is O=C(NC1CCCCCCC1)c1ccc(Cn2c(SCc3ccc(F)cc3Cl)nc3ccncc32)cc1. The van der Waals surface area contributed by atoms with Crippen molar-refractivity contribution >= 4 is 40.3 Å². The Balaban J connectivity index is 1.30. The van der Waals surface area contributed by atoms with E-state index in [0.29, 0.717) is 22.9 Å². The molecule has 192 valence electrons. The fourth-order valence-electron chi connectivity index (χ4n) is 4.81. The molecule has 1 fully saturated rings. The molecule has 2 heterocycles. The summed E-state index contributed by atoms with van der Waals surface area (Å²) in [4.78, 5) is 22.0. The van der Waals surface area contributed by atoms with E-state index in [-0.39, 0.29) is 17.8 Å². The lowest BCUT2D eigenvalue weighted by molar-refractivity contribution is 0.0930. The molecule has 1 amide bonds. The van der Waals surface area contributed by atoms with Gasteiger partial charge in [-0.15, -0.1) is 0 Å². The maximum Gasteiger partial charge on any atom is 0.251 e. The smallest absolute Gasteiger partial charge is 0.251 e. The number of pyridine rings is 1. The van der Waals surface area contributed by atoms with Gasteiger partial charge in [-0.2, -0.15) is 0 Å². The molecule has 2 aromatic heterocycles. The van der Waals surface area contributed by atoms with Crippen molar-refractivity contribution in [2.75, 3.05) is 0 Å². The number of amides is 1. The fraction of sp³-hybridized carbons (Fsp3) is 0.345. The Hall–Kier alpha value is -2.90. The highest BCUT2D eigenvalue weighted by Crippen LogP contribution is 2.30. The average molecular weight is 537 g/mol. The van der Waals surface area contributed by atoms with Gasteiger partial charge < -0.3 is 9.88 Å². The Morgan fingerprint density at radius 2 is 1.81 bits per heavy atom. The number of carbonyl (C=O) groups excluding carboxylic acids is 1. The van der Waals surface area contributed by atoms with Crippen molar-refractivity contribution in [3.63, 3.8) is 0 Å². The number of hydrogen-bond acceptors (Lipinski definition) is 4. The molecule has 0 radical (unpaired) electrons. The van der Waals surface area contributed by atoms with Crippen molar-refractivity contribution in [1.29, 1.82) is 0 Å². The predicted molar refractivity (Wildman–Crippen MR) is 148 cm³/mol. The summed E-state index contributed by atoms with van der Waals surface area (Å²) in [7, 11) is 0. The number of imidazole rings is 1. The first-order chi connectivity index (χ1) is 18.1. The molecule has 0 saturated heterocycles. The van der Waals surface area contributed by atoms with E-state index in [9.17, 15) is 9.18 Å². The highest BCUT2D eigenvalue weighted by molar-refractivity contribution is 7.98. The van der Waals surface area contributed by atoms with E-state index in [1.165, 1.54) is 44.2 Å². The lowest BCUT2D eigenvalue weighted by atomic mass is 9.96. The first-order valence-electron chi connectivity index (χ1n) is 12.8. The molecule has 0 atom stereocenters. The van der Waals surface area contributed by atoms with E-state index in [1.807, 2.05) is 36.5 Å². The summed E-state index contributed by atoms with van der Waals surface area (Å²) in [6, 6.07) is 14.4. The summed E-state index contributed by atoms with van der Waals surface area (Å²) in [5, 5.41) is 4.48. The van der Waals surface area contributed by atoms with Gasteiger partial charge in [-0.3, -0.25) is 9.78 Å². The molecule has 1 aliphatic carbocycles. The van der Waals surface area contributed by atoms with E-state index in [4.69, 9.17) is 16.6 Å². The van der Waals surface area contributed by atoms with Crippen molar-refractivity contribution in [2.24, 2.45) is 0 Å². The normalized spacial score (nSPS) is 14.9. The third-order valence-corrected chi connectivity index (χ3v) is 8.26. The molecule has 1 aliphatic rings. The number of fused-ring (bicyclic) bond motifs is 1. The summed E-state index contributed by atoms with van der Waals surface area (Å²) in [5.41, 5.74) is 4.39. The van der Waals surface area contributed by atoms with Gasteiger partial charge in [0.05, 0.1) is 23.8 Å². The molecule has 1 N–H and O–H groups in total. The molecule has 2 aromatic carbocycles. The van der Waals surface area contributed by atoms with E-state index in [2.05, 4.69) is 14.9 Å². The average Bonchev–Trinajstić information content (AvgIpc) is 3.22. The third-order valence-electron chi connectivity index (χ3n) is 6.88. The number of rotatable bonds is 7. The van der Waals surface area contributed by atoms with E-state index in [1.54, 1.807) is 24.0 Å². The van der Waals surface area contributed by atoms with E-state index >= 15 is 0 Å². The van der Waals surface area contributed by atoms with Crippen molar-refractivity contribution in [3.05, 3.63) is 88.5 Å². The van der Waals surface area contributed by atoms with Crippen LogP contribution in [0.5, 0.6) is 0 Å². The quantitative estimate of drug-likeness (QED) is 0.250. The monoisotopic (exact) mass is 536 g/mol. The molecule has 5 rings (SSSR count). The highest BCUT2D eigenvalue weighted by Gasteiger charge is 2.16. The number of nitrogens with one attached hydrogen (secondary N) is 1. The van der Waals surface area contributed by atoms with Gasteiger partial charge in [0.15, 0.2) is 5.16 Å². The van der Waals surface area contributed by atoms with Gasteiger partial charge in [0.2, 0.25) is 0 Å². The summed E-state index contributed by atoms with van der Waals surface area (Å²) in [6.07, 6.45) is 11.9. The van der Waals surface area contributed by atoms with Crippen LogP contribution in [0.1, 0.15) is 66.4 Å². The number of benzene rings is 2. The first kappa shape index (κ1) is 25.7. The minimum atomic E-state index is -0.348. The van der Waals surface area contributed by atoms with Crippen molar-refractivity contribution in [3.8, 4) is 0 Å². The second-order valence-corrected chi connectivity index (χ2v) is 10.9. The maximum atomic E-state index is 13.4. The van der Waals surface area contributed by atoms with Gasteiger partial charge in [-0.1, -0.05) is 73.7 Å². The minimum Gasteiger partial charge on any atom is -0.349 e. The maximum absolute atomic E-state index is 13.4. The Morgan fingerprint density at radius 1 is 1.05 bits per heavy atom. The van der Waals surface area contributed by atoms with Gasteiger partial charge in [-0.05, 0) is 54.3 Å². The molecule has 0 spiro atoms. The molecule has 5 nitrogen and oxygen atoms in total. The van der Waals surface area contributed by atoms with Crippen LogP contribution in [0.3, 0.4) is 0 Å². The topological polar surface area (TPSA) is 59.8 Å². The van der Waals surface area contributed by atoms with E-state index < -0.39 is 0 Å². The lowest BCUT2D eigenvalue weighted by Gasteiger charge is -2.21. The van der Waals surface area contributed by atoms with Gasteiger partial charge in [0, 0.05) is 28.6 Å². The van der Waals surface area contributed by atoms with Crippen LogP contribution in [0.25, 0.3) is 11.0 Å². The molecular formula is C29H30ClFN4OS. The number of nitrogens with zero attached hydrogens (tertiary/aromatic N) is 3. The zero-order valence-corrected chi connectivity index (χ0v) is 22.2. The number of hydrogen-bond donors (Lipinski definition) is 1. The molecule has 0 unspecified atom stereocenters. The van der Waals surface area contributed by atoms with Crippen molar-refractivity contribution in [1.82, 2.24) is 19.9 Å². The zero-order chi connectivity index (χ0) is 25.6. The van der Waals surface area contributed by atoms with Gasteiger partial charge in [0.1, 0.15) is 5.82 Å². The van der Waals surface area contributed by atoms with Gasteiger partial charge in [0.25, 0.3) is 5.91 Å². The number of thioether (sulfide) groups is 1. The minimum absolute atomic E-state index is 0.00169. The van der Waals surface area contributed by atoms with Gasteiger partial charge in [-0.25, -0.2) is 9.37 Å². The largest absolute Gasteiger partial charge is 0.349 e. The second-order valence-electron chi connectivity index (χ2n) is 9.58. The van der Waals surface area contributed by atoms with Crippen LogP contribution < -0.4 is 5.32 Å². The van der Waals surface area contributed by atoms with Gasteiger partial charge >= 0.3 is 0 Å². The predicted octanol–water partition coefficient (Wildman–Crippen LogP) is 7.41. The van der Waals surface area contributed by atoms with Crippen LogP contribution >= 0.6 is 23.4 Å². The summed E-state index contributed by atoms with van der Waals surface area (Å²) < 4.78 is 15.6. The Kier molecular flexibility index (Phi) is 8.41. The van der Waals surface area contributed by atoms with Crippen LogP contribution in [0, 0.1) is 5.82 Å². The molecule has 1 saturated carbocycles. The summed E-state index contributed by atoms with van der Waals surface area (Å²) >= 11 is 7.79. The molecule has 8 heteroatoms. The number of carbonyl (C=O) groups is 1. The fourth-order valence-corrected chi connectivity index (χ4v) is 6.14. The molecule has 37 heavy (non-hydrogen) atoms.